The summed E-state index contributed by atoms with van der Waals surface area (Å²) in [5.41, 5.74) is 1.88. The Bertz CT molecular complexity index is 1040. The van der Waals surface area contributed by atoms with Crippen molar-refractivity contribution in [1.29, 1.82) is 0 Å². The van der Waals surface area contributed by atoms with Crippen molar-refractivity contribution in [2.24, 2.45) is 5.92 Å². The minimum Gasteiger partial charge on any atom is -0.490 e. The molecule has 1 aliphatic carbocycles. The van der Waals surface area contributed by atoms with Crippen molar-refractivity contribution in [3.63, 3.8) is 0 Å². The van der Waals surface area contributed by atoms with E-state index < -0.39 is 0 Å². The van der Waals surface area contributed by atoms with Crippen molar-refractivity contribution in [2.75, 3.05) is 32.8 Å². The summed E-state index contributed by atoms with van der Waals surface area (Å²) in [6.07, 6.45) is 5.14. The number of nitrogens with zero attached hydrogens (tertiary/aromatic N) is 1. The van der Waals surface area contributed by atoms with Gasteiger partial charge >= 0.3 is 12.0 Å². The highest BCUT2D eigenvalue weighted by molar-refractivity contribution is 5.94. The fraction of sp³-hybridized carbons (Fsp3) is 0.500. The van der Waals surface area contributed by atoms with Gasteiger partial charge in [-0.2, -0.15) is 0 Å². The topological polar surface area (TPSA) is 97.0 Å². The van der Waals surface area contributed by atoms with Crippen LogP contribution in [0.4, 0.5) is 4.79 Å². The Morgan fingerprint density at radius 1 is 0.842 bits per heavy atom. The Hall–Kier alpha value is -3.55. The number of carbonyl (C=O) groups is 3. The van der Waals surface area contributed by atoms with Gasteiger partial charge in [-0.3, -0.25) is 9.59 Å². The molecule has 2 aliphatic rings. The van der Waals surface area contributed by atoms with Crippen molar-refractivity contribution < 1.29 is 23.9 Å². The molecule has 0 radical (unpaired) electrons. The third kappa shape index (κ3) is 7.73. The number of hydrogen-bond acceptors (Lipinski definition) is 5. The van der Waals surface area contributed by atoms with Gasteiger partial charge in [0.1, 0.15) is 5.75 Å². The quantitative estimate of drug-likeness (QED) is 0.374. The third-order valence-electron chi connectivity index (χ3n) is 7.45. The minimum absolute atomic E-state index is 0.0301. The van der Waals surface area contributed by atoms with Gasteiger partial charge in [-0.15, -0.1) is 0 Å². The van der Waals surface area contributed by atoms with Crippen LogP contribution in [0.3, 0.4) is 0 Å². The van der Waals surface area contributed by atoms with Gasteiger partial charge < -0.3 is 25.0 Å². The van der Waals surface area contributed by atoms with Crippen molar-refractivity contribution in [3.8, 4) is 5.75 Å². The lowest BCUT2D eigenvalue weighted by Crippen LogP contribution is -2.46. The van der Waals surface area contributed by atoms with Crippen molar-refractivity contribution in [1.82, 2.24) is 15.5 Å². The molecule has 2 fully saturated rings. The predicted octanol–water partition coefficient (Wildman–Crippen LogP) is 4.51. The highest BCUT2D eigenvalue weighted by atomic mass is 16.5. The standard InChI is InChI=1S/C30H39N3O5/c1-2-37-29(35)25-10-14-27(15-11-25)38-26-12-8-24(9-13-26)28(34)31-18-19-32-30(36)33-20-16-23(17-21-33)22-6-4-3-5-7-22/h3-9,12-13,23,25,27H,2,10-11,14-21H2,1H3,(H,31,34)(H,32,36)/t25-,27+. The van der Waals surface area contributed by atoms with Crippen molar-refractivity contribution in [3.05, 3.63) is 65.7 Å². The zero-order chi connectivity index (χ0) is 26.7. The highest BCUT2D eigenvalue weighted by Crippen LogP contribution is 2.29. The SMILES string of the molecule is CCOC(=O)[C@H]1CC[C@@H](Oc2ccc(C(=O)NCCNC(=O)N3CCC(c4ccccc4)CC3)cc2)CC1. The van der Waals surface area contributed by atoms with Crippen LogP contribution in [0.2, 0.25) is 0 Å². The molecule has 3 amide bonds. The molecule has 8 heteroatoms. The number of nitrogens with one attached hydrogen (secondary N) is 2. The number of urea groups is 1. The van der Waals surface area contributed by atoms with E-state index in [0.29, 0.717) is 36.9 Å². The van der Waals surface area contributed by atoms with Crippen LogP contribution >= 0.6 is 0 Å². The Balaban J connectivity index is 1.11. The van der Waals surface area contributed by atoms with Crippen LogP contribution in [0, 0.1) is 5.92 Å². The van der Waals surface area contributed by atoms with Crippen LogP contribution in [-0.2, 0) is 9.53 Å². The number of piperidine rings is 1. The highest BCUT2D eigenvalue weighted by Gasteiger charge is 2.28. The molecule has 1 aliphatic heterocycles. The summed E-state index contributed by atoms with van der Waals surface area (Å²) in [6, 6.07) is 17.5. The second kappa shape index (κ2) is 13.8. The maximum absolute atomic E-state index is 12.5. The molecule has 2 N–H and O–H groups in total. The molecule has 1 saturated heterocycles. The monoisotopic (exact) mass is 521 g/mol. The van der Waals surface area contributed by atoms with E-state index in [1.165, 1.54) is 5.56 Å². The lowest BCUT2D eigenvalue weighted by molar-refractivity contribution is -0.149. The molecule has 2 aromatic rings. The van der Waals surface area contributed by atoms with Gasteiger partial charge in [0.05, 0.1) is 18.6 Å². The minimum atomic E-state index is -0.190. The molecule has 0 spiro atoms. The van der Waals surface area contributed by atoms with E-state index in [0.717, 1.165) is 51.6 Å². The van der Waals surface area contributed by atoms with E-state index in [-0.39, 0.29) is 29.9 Å². The molecule has 38 heavy (non-hydrogen) atoms. The first-order chi connectivity index (χ1) is 18.5. The molecule has 0 atom stereocenters. The molecule has 1 heterocycles. The molecule has 2 aromatic carbocycles. The van der Waals surface area contributed by atoms with E-state index in [2.05, 4.69) is 34.9 Å². The number of likely N-dealkylation sites (tertiary alicyclic amines) is 1. The fourth-order valence-electron chi connectivity index (χ4n) is 5.25. The summed E-state index contributed by atoms with van der Waals surface area (Å²) in [5.74, 6) is 0.887. The lowest BCUT2D eigenvalue weighted by Gasteiger charge is -2.32. The first-order valence-electron chi connectivity index (χ1n) is 13.8. The van der Waals surface area contributed by atoms with Crippen molar-refractivity contribution >= 4 is 17.9 Å². The summed E-state index contributed by atoms with van der Waals surface area (Å²) >= 11 is 0. The van der Waals surface area contributed by atoms with E-state index in [4.69, 9.17) is 9.47 Å². The van der Waals surface area contributed by atoms with Gasteiger partial charge in [-0.05, 0) is 81.2 Å². The van der Waals surface area contributed by atoms with Gasteiger partial charge in [0.25, 0.3) is 5.91 Å². The summed E-state index contributed by atoms with van der Waals surface area (Å²) in [5, 5.41) is 5.76. The number of hydrogen-bond donors (Lipinski definition) is 2. The molecule has 4 rings (SSSR count). The molecular weight excluding hydrogens is 482 g/mol. The predicted molar refractivity (Wildman–Crippen MR) is 145 cm³/mol. The van der Waals surface area contributed by atoms with Gasteiger partial charge in [0.2, 0.25) is 0 Å². The first-order valence-corrected chi connectivity index (χ1v) is 13.8. The maximum Gasteiger partial charge on any atom is 0.317 e. The maximum atomic E-state index is 12.5. The molecule has 0 aromatic heterocycles. The van der Waals surface area contributed by atoms with E-state index in [9.17, 15) is 14.4 Å². The smallest absolute Gasteiger partial charge is 0.317 e. The normalized spacial score (nSPS) is 19.9. The number of ether oxygens (including phenoxy) is 2. The lowest BCUT2D eigenvalue weighted by atomic mass is 9.87. The van der Waals surface area contributed by atoms with E-state index in [1.54, 1.807) is 24.3 Å². The van der Waals surface area contributed by atoms with Gasteiger partial charge in [-0.1, -0.05) is 30.3 Å². The Morgan fingerprint density at radius 3 is 2.16 bits per heavy atom. The summed E-state index contributed by atoms with van der Waals surface area (Å²) < 4.78 is 11.2. The van der Waals surface area contributed by atoms with E-state index >= 15 is 0 Å². The number of amides is 3. The fourth-order valence-corrected chi connectivity index (χ4v) is 5.25. The van der Waals surface area contributed by atoms with Crippen molar-refractivity contribution in [2.45, 2.75) is 57.5 Å². The second-order valence-corrected chi connectivity index (χ2v) is 10.0. The number of carbonyl (C=O) groups excluding carboxylic acids is 3. The largest absolute Gasteiger partial charge is 0.490 e. The zero-order valence-electron chi connectivity index (χ0n) is 22.2. The molecule has 1 saturated carbocycles. The molecule has 8 nitrogen and oxygen atoms in total. The summed E-state index contributed by atoms with van der Waals surface area (Å²) in [7, 11) is 0. The average molecular weight is 522 g/mol. The van der Waals surface area contributed by atoms with Crippen LogP contribution in [0.5, 0.6) is 5.75 Å². The Morgan fingerprint density at radius 2 is 1.50 bits per heavy atom. The van der Waals surface area contributed by atoms with Crippen LogP contribution in [-0.4, -0.2) is 61.7 Å². The second-order valence-electron chi connectivity index (χ2n) is 10.0. The van der Waals surface area contributed by atoms with Crippen LogP contribution < -0.4 is 15.4 Å². The zero-order valence-corrected chi connectivity index (χ0v) is 22.2. The van der Waals surface area contributed by atoms with Gasteiger partial charge in [0, 0.05) is 31.7 Å². The molecule has 0 unspecified atom stereocenters. The van der Waals surface area contributed by atoms with Gasteiger partial charge in [0.15, 0.2) is 0 Å². The first kappa shape index (κ1) is 27.5. The van der Waals surface area contributed by atoms with Crippen LogP contribution in [0.15, 0.2) is 54.6 Å². The molecule has 204 valence electrons. The Labute approximate surface area is 225 Å². The van der Waals surface area contributed by atoms with Gasteiger partial charge in [-0.25, -0.2) is 4.79 Å². The van der Waals surface area contributed by atoms with Crippen LogP contribution in [0.1, 0.15) is 67.3 Å². The average Bonchev–Trinajstić information content (AvgIpc) is 2.96. The number of rotatable bonds is 9. The molecule has 0 bridgehead atoms. The summed E-state index contributed by atoms with van der Waals surface area (Å²) in [4.78, 5) is 38.7. The Kier molecular flexibility index (Phi) is 10.0. The van der Waals surface area contributed by atoms with E-state index in [1.807, 2.05) is 17.9 Å². The molecular formula is C30H39N3O5. The number of esters is 1. The summed E-state index contributed by atoms with van der Waals surface area (Å²) in [6.45, 7) is 4.44. The van der Waals surface area contributed by atoms with Crippen LogP contribution in [0.25, 0.3) is 0 Å². The number of benzene rings is 2. The third-order valence-corrected chi connectivity index (χ3v) is 7.45.